The van der Waals surface area contributed by atoms with E-state index in [0.29, 0.717) is 24.2 Å². The van der Waals surface area contributed by atoms with E-state index in [9.17, 15) is 4.79 Å². The van der Waals surface area contributed by atoms with E-state index in [-0.39, 0.29) is 5.91 Å². The van der Waals surface area contributed by atoms with Gasteiger partial charge in [0.25, 0.3) is 5.91 Å². The van der Waals surface area contributed by atoms with Gasteiger partial charge in [-0.1, -0.05) is 0 Å². The first-order valence-electron chi connectivity index (χ1n) is 7.31. The van der Waals surface area contributed by atoms with Crippen LogP contribution in [0.4, 0.5) is 0 Å². The number of fused-ring (bicyclic) bond motifs is 1. The van der Waals surface area contributed by atoms with Crippen LogP contribution in [0, 0.1) is 0 Å². The Kier molecular flexibility index (Phi) is 3.65. The summed E-state index contributed by atoms with van der Waals surface area (Å²) in [5.74, 6) is 0.696. The highest BCUT2D eigenvalue weighted by atomic mass is 16.5. The van der Waals surface area contributed by atoms with Crippen LogP contribution in [-0.2, 0) is 6.54 Å². The normalized spacial score (nSPS) is 22.4. The van der Waals surface area contributed by atoms with Gasteiger partial charge in [0.15, 0.2) is 5.69 Å². The van der Waals surface area contributed by atoms with Crippen molar-refractivity contribution in [3.8, 4) is 5.88 Å². The van der Waals surface area contributed by atoms with Crippen LogP contribution in [0.15, 0.2) is 6.07 Å². The summed E-state index contributed by atoms with van der Waals surface area (Å²) in [4.78, 5) is 16.5. The number of aromatic nitrogens is 2. The molecule has 0 radical (unpaired) electrons. The third kappa shape index (κ3) is 2.52. The van der Waals surface area contributed by atoms with Crippen LogP contribution in [-0.4, -0.2) is 65.3 Å². The van der Waals surface area contributed by atoms with Crippen LogP contribution >= 0.6 is 0 Å². The topological polar surface area (TPSA) is 50.6 Å². The van der Waals surface area contributed by atoms with E-state index in [4.69, 9.17) is 4.74 Å². The Morgan fingerprint density at radius 1 is 1.50 bits per heavy atom. The lowest BCUT2D eigenvalue weighted by atomic mass is 10.2. The number of likely N-dealkylation sites (tertiary alicyclic amines) is 1. The number of rotatable bonds is 3. The fraction of sp³-hybridized carbons (Fsp3) is 0.714. The summed E-state index contributed by atoms with van der Waals surface area (Å²) < 4.78 is 7.29. The molecule has 1 aromatic heterocycles. The van der Waals surface area contributed by atoms with E-state index in [2.05, 4.69) is 17.0 Å². The molecule has 1 amide bonds. The number of ether oxygens (including phenoxy) is 1. The van der Waals surface area contributed by atoms with Crippen LogP contribution in [0.3, 0.4) is 0 Å². The lowest BCUT2D eigenvalue weighted by Gasteiger charge is -2.25. The molecule has 1 saturated heterocycles. The Bertz CT molecular complexity index is 476. The molecular weight excluding hydrogens is 256 g/mol. The average molecular weight is 278 g/mol. The lowest BCUT2D eigenvalue weighted by Crippen LogP contribution is -2.39. The van der Waals surface area contributed by atoms with Gasteiger partial charge in [-0.05, 0) is 26.4 Å². The third-order valence-corrected chi connectivity index (χ3v) is 4.23. The number of nitrogens with zero attached hydrogens (tertiary/aromatic N) is 4. The van der Waals surface area contributed by atoms with Gasteiger partial charge in [0.05, 0.1) is 6.61 Å². The molecule has 2 aliphatic heterocycles. The molecule has 1 atom stereocenters. The number of likely N-dealkylation sites (N-methyl/N-ethyl adjacent to an activating group) is 2. The molecule has 0 spiro atoms. The van der Waals surface area contributed by atoms with Gasteiger partial charge < -0.3 is 14.5 Å². The van der Waals surface area contributed by atoms with Crippen molar-refractivity contribution in [3.05, 3.63) is 11.8 Å². The molecule has 3 rings (SSSR count). The molecule has 3 heterocycles. The van der Waals surface area contributed by atoms with E-state index in [1.54, 1.807) is 15.6 Å². The predicted octanol–water partition coefficient (Wildman–Crippen LogP) is 0.832. The Labute approximate surface area is 119 Å². The van der Waals surface area contributed by atoms with Crippen LogP contribution < -0.4 is 4.74 Å². The van der Waals surface area contributed by atoms with Gasteiger partial charge >= 0.3 is 0 Å². The van der Waals surface area contributed by atoms with E-state index >= 15 is 0 Å². The summed E-state index contributed by atoms with van der Waals surface area (Å²) in [6.07, 6.45) is 3.33. The smallest absolute Gasteiger partial charge is 0.274 e. The number of carbonyl (C=O) groups excluding carboxylic acids is 1. The molecule has 6 heteroatoms. The Morgan fingerprint density at radius 3 is 3.05 bits per heavy atom. The van der Waals surface area contributed by atoms with Crippen molar-refractivity contribution in [3.63, 3.8) is 0 Å². The summed E-state index contributed by atoms with van der Waals surface area (Å²) in [7, 11) is 3.98. The van der Waals surface area contributed by atoms with Gasteiger partial charge in [-0.25, -0.2) is 4.68 Å². The van der Waals surface area contributed by atoms with Crippen LogP contribution in [0.25, 0.3) is 0 Å². The standard InChI is InChI=1S/C14H22N4O2/c1-16-6-3-5-11(16)10-17(2)14(19)12-9-13-18(15-12)7-4-8-20-13/h9,11H,3-8,10H2,1-2H3. The van der Waals surface area contributed by atoms with Crippen molar-refractivity contribution < 1.29 is 9.53 Å². The monoisotopic (exact) mass is 278 g/mol. The zero-order chi connectivity index (χ0) is 14.1. The summed E-state index contributed by atoms with van der Waals surface area (Å²) in [5, 5.41) is 4.35. The molecule has 6 nitrogen and oxygen atoms in total. The second kappa shape index (κ2) is 5.44. The highest BCUT2D eigenvalue weighted by Gasteiger charge is 2.26. The minimum atomic E-state index is -0.0178. The molecule has 1 unspecified atom stereocenters. The number of hydrogen-bond acceptors (Lipinski definition) is 4. The van der Waals surface area contributed by atoms with Gasteiger partial charge in [-0.3, -0.25) is 4.79 Å². The largest absolute Gasteiger partial charge is 0.478 e. The van der Waals surface area contributed by atoms with Crippen molar-refractivity contribution in [2.45, 2.75) is 31.8 Å². The van der Waals surface area contributed by atoms with Gasteiger partial charge in [-0.2, -0.15) is 5.10 Å². The van der Waals surface area contributed by atoms with E-state index in [1.807, 2.05) is 7.05 Å². The lowest BCUT2D eigenvalue weighted by molar-refractivity contribution is 0.0754. The molecule has 0 aromatic carbocycles. The molecule has 0 N–H and O–H groups in total. The molecule has 20 heavy (non-hydrogen) atoms. The number of aryl methyl sites for hydroxylation is 1. The second-order valence-electron chi connectivity index (χ2n) is 5.76. The highest BCUT2D eigenvalue weighted by molar-refractivity contribution is 5.92. The first-order chi connectivity index (χ1) is 9.65. The van der Waals surface area contributed by atoms with Crippen molar-refractivity contribution in [2.24, 2.45) is 0 Å². The fourth-order valence-corrected chi connectivity index (χ4v) is 2.98. The van der Waals surface area contributed by atoms with Crippen molar-refractivity contribution in [2.75, 3.05) is 33.8 Å². The number of amides is 1. The highest BCUT2D eigenvalue weighted by Crippen LogP contribution is 2.20. The average Bonchev–Trinajstić information content (AvgIpc) is 3.04. The van der Waals surface area contributed by atoms with Gasteiger partial charge in [-0.15, -0.1) is 0 Å². The molecular formula is C14H22N4O2. The van der Waals surface area contributed by atoms with Gasteiger partial charge in [0.1, 0.15) is 0 Å². The van der Waals surface area contributed by atoms with Gasteiger partial charge in [0, 0.05) is 38.7 Å². The van der Waals surface area contributed by atoms with Crippen LogP contribution in [0.5, 0.6) is 5.88 Å². The zero-order valence-corrected chi connectivity index (χ0v) is 12.2. The van der Waals surface area contributed by atoms with E-state index in [0.717, 1.165) is 32.5 Å². The number of hydrogen-bond donors (Lipinski definition) is 0. The molecule has 0 saturated carbocycles. The molecule has 110 valence electrons. The molecule has 0 aliphatic carbocycles. The van der Waals surface area contributed by atoms with Crippen LogP contribution in [0.2, 0.25) is 0 Å². The summed E-state index contributed by atoms with van der Waals surface area (Å²) >= 11 is 0. The maximum absolute atomic E-state index is 12.4. The third-order valence-electron chi connectivity index (χ3n) is 4.23. The first kappa shape index (κ1) is 13.4. The first-order valence-corrected chi connectivity index (χ1v) is 7.31. The summed E-state index contributed by atoms with van der Waals surface area (Å²) in [6, 6.07) is 2.23. The zero-order valence-electron chi connectivity index (χ0n) is 12.2. The predicted molar refractivity (Wildman–Crippen MR) is 75.0 cm³/mol. The quantitative estimate of drug-likeness (QED) is 0.822. The van der Waals surface area contributed by atoms with Crippen molar-refractivity contribution >= 4 is 5.91 Å². The molecule has 2 aliphatic rings. The fourth-order valence-electron chi connectivity index (χ4n) is 2.98. The number of carbonyl (C=O) groups is 1. The van der Waals surface area contributed by atoms with Crippen LogP contribution in [0.1, 0.15) is 29.8 Å². The SMILES string of the molecule is CN(CC1CCCN1C)C(=O)c1cc2n(n1)CCCO2. The minimum Gasteiger partial charge on any atom is -0.478 e. The summed E-state index contributed by atoms with van der Waals surface area (Å²) in [6.45, 7) is 3.43. The van der Waals surface area contributed by atoms with Crippen molar-refractivity contribution in [1.82, 2.24) is 19.6 Å². The minimum absolute atomic E-state index is 0.0178. The maximum atomic E-state index is 12.4. The Balaban J connectivity index is 1.67. The molecule has 1 fully saturated rings. The summed E-state index contributed by atoms with van der Waals surface area (Å²) in [5.41, 5.74) is 0.491. The Hall–Kier alpha value is -1.56. The van der Waals surface area contributed by atoms with Crippen molar-refractivity contribution in [1.29, 1.82) is 0 Å². The van der Waals surface area contributed by atoms with E-state index in [1.165, 1.54) is 6.42 Å². The molecule has 1 aromatic rings. The Morgan fingerprint density at radius 2 is 2.35 bits per heavy atom. The maximum Gasteiger partial charge on any atom is 0.274 e. The van der Waals surface area contributed by atoms with Gasteiger partial charge in [0.2, 0.25) is 5.88 Å². The second-order valence-corrected chi connectivity index (χ2v) is 5.76. The van der Waals surface area contributed by atoms with E-state index < -0.39 is 0 Å². The molecule has 0 bridgehead atoms.